The summed E-state index contributed by atoms with van der Waals surface area (Å²) in [4.78, 5) is 0. The zero-order chi connectivity index (χ0) is 13.9. The fourth-order valence-electron chi connectivity index (χ4n) is 2.30. The largest absolute Gasteiger partial charge is 0.506 e. The number of phenolic OH excluding ortho intramolecular Hbond substituents is 1. The van der Waals surface area contributed by atoms with E-state index in [9.17, 15) is 5.11 Å². The molecule has 1 aromatic rings. The second-order valence-electron chi connectivity index (χ2n) is 6.52. The van der Waals surface area contributed by atoms with E-state index in [0.717, 1.165) is 18.4 Å². The van der Waals surface area contributed by atoms with Crippen molar-refractivity contribution in [2.75, 3.05) is 5.73 Å². The van der Waals surface area contributed by atoms with Gasteiger partial charge in [-0.05, 0) is 41.7 Å². The molecule has 0 spiro atoms. The van der Waals surface area contributed by atoms with E-state index in [-0.39, 0.29) is 5.75 Å². The third-order valence-corrected chi connectivity index (χ3v) is 4.26. The van der Waals surface area contributed by atoms with Crippen LogP contribution in [0.15, 0.2) is 18.2 Å². The maximum Gasteiger partial charge on any atom is 0.138 e. The first kappa shape index (κ1) is 14.9. The van der Waals surface area contributed by atoms with Gasteiger partial charge in [0.15, 0.2) is 0 Å². The first-order chi connectivity index (χ1) is 8.23. The zero-order valence-electron chi connectivity index (χ0n) is 12.3. The fourth-order valence-corrected chi connectivity index (χ4v) is 2.30. The van der Waals surface area contributed by atoms with Crippen molar-refractivity contribution in [3.05, 3.63) is 23.8 Å². The van der Waals surface area contributed by atoms with Gasteiger partial charge in [0.25, 0.3) is 0 Å². The van der Waals surface area contributed by atoms with Crippen LogP contribution in [0, 0.1) is 17.3 Å². The van der Waals surface area contributed by atoms with Crippen molar-refractivity contribution in [2.24, 2.45) is 17.3 Å². The number of anilines is 1. The molecule has 1 rings (SSSR count). The van der Waals surface area contributed by atoms with Gasteiger partial charge in [-0.15, -0.1) is 0 Å². The summed E-state index contributed by atoms with van der Waals surface area (Å²) in [5.74, 6) is 1.51. The third-order valence-electron chi connectivity index (χ3n) is 4.26. The maximum absolute atomic E-state index is 9.58. The number of para-hydroxylation sites is 1. The molecular weight excluding hydrogens is 222 g/mol. The van der Waals surface area contributed by atoms with Crippen molar-refractivity contribution >= 4 is 5.69 Å². The Hall–Kier alpha value is -1.18. The monoisotopic (exact) mass is 249 g/mol. The predicted molar refractivity (Wildman–Crippen MR) is 78.6 cm³/mol. The number of nitrogen functional groups attached to an aromatic ring is 1. The molecule has 0 bridgehead atoms. The summed E-state index contributed by atoms with van der Waals surface area (Å²) in [5.41, 5.74) is 7.81. The molecule has 18 heavy (non-hydrogen) atoms. The number of rotatable bonds is 4. The van der Waals surface area contributed by atoms with E-state index >= 15 is 0 Å². The van der Waals surface area contributed by atoms with Gasteiger partial charge in [-0.1, -0.05) is 46.8 Å². The molecule has 0 radical (unpaired) electrons. The van der Waals surface area contributed by atoms with E-state index < -0.39 is 0 Å². The Morgan fingerprint density at radius 1 is 1.22 bits per heavy atom. The van der Waals surface area contributed by atoms with Gasteiger partial charge in [0, 0.05) is 0 Å². The van der Waals surface area contributed by atoms with Gasteiger partial charge in [0.1, 0.15) is 5.75 Å². The molecule has 102 valence electrons. The van der Waals surface area contributed by atoms with Gasteiger partial charge in [0.2, 0.25) is 0 Å². The summed E-state index contributed by atoms with van der Waals surface area (Å²) in [6, 6.07) is 5.50. The van der Waals surface area contributed by atoms with Crippen molar-refractivity contribution < 1.29 is 5.11 Å². The molecule has 1 aromatic carbocycles. The molecule has 0 aromatic heterocycles. The maximum atomic E-state index is 9.58. The molecule has 2 nitrogen and oxygen atoms in total. The van der Waals surface area contributed by atoms with Gasteiger partial charge in [-0.2, -0.15) is 0 Å². The van der Waals surface area contributed by atoms with Gasteiger partial charge in [-0.3, -0.25) is 0 Å². The molecule has 0 heterocycles. The average molecular weight is 249 g/mol. The van der Waals surface area contributed by atoms with Crippen LogP contribution in [-0.4, -0.2) is 5.11 Å². The SMILES string of the molecule is CC(CCc1cccc(O)c1N)C(C)C(C)(C)C. The van der Waals surface area contributed by atoms with Crippen LogP contribution in [-0.2, 0) is 6.42 Å². The molecule has 0 aliphatic carbocycles. The molecule has 2 atom stereocenters. The van der Waals surface area contributed by atoms with Crippen molar-refractivity contribution in [1.82, 2.24) is 0 Å². The van der Waals surface area contributed by atoms with E-state index in [1.54, 1.807) is 6.07 Å². The Morgan fingerprint density at radius 2 is 1.83 bits per heavy atom. The summed E-state index contributed by atoms with van der Waals surface area (Å²) in [5, 5.41) is 9.58. The van der Waals surface area contributed by atoms with Crippen LogP contribution in [0.1, 0.15) is 46.6 Å². The van der Waals surface area contributed by atoms with Crippen LogP contribution in [0.25, 0.3) is 0 Å². The first-order valence-electron chi connectivity index (χ1n) is 6.79. The Balaban J connectivity index is 2.63. The summed E-state index contributed by atoms with van der Waals surface area (Å²) >= 11 is 0. The number of aromatic hydroxyl groups is 1. The molecule has 0 saturated carbocycles. The van der Waals surface area contributed by atoms with E-state index in [0.29, 0.717) is 22.9 Å². The van der Waals surface area contributed by atoms with Gasteiger partial charge >= 0.3 is 0 Å². The number of phenols is 1. The number of aryl methyl sites for hydroxylation is 1. The topological polar surface area (TPSA) is 46.2 Å². The second kappa shape index (κ2) is 5.64. The summed E-state index contributed by atoms with van der Waals surface area (Å²) in [6.45, 7) is 11.5. The lowest BCUT2D eigenvalue weighted by molar-refractivity contribution is 0.180. The van der Waals surface area contributed by atoms with Crippen LogP contribution in [0.5, 0.6) is 5.75 Å². The minimum absolute atomic E-state index is 0.198. The number of nitrogens with two attached hydrogens (primary N) is 1. The quantitative estimate of drug-likeness (QED) is 0.619. The normalized spacial score (nSPS) is 15.4. The van der Waals surface area contributed by atoms with Gasteiger partial charge in [-0.25, -0.2) is 0 Å². The Bertz CT molecular complexity index is 393. The van der Waals surface area contributed by atoms with Crippen molar-refractivity contribution in [2.45, 2.75) is 47.5 Å². The molecule has 0 aliphatic rings. The lowest BCUT2D eigenvalue weighted by Crippen LogP contribution is -2.24. The lowest BCUT2D eigenvalue weighted by Gasteiger charge is -2.32. The van der Waals surface area contributed by atoms with E-state index in [1.807, 2.05) is 12.1 Å². The lowest BCUT2D eigenvalue weighted by atomic mass is 9.73. The van der Waals surface area contributed by atoms with Gasteiger partial charge in [0.05, 0.1) is 5.69 Å². The second-order valence-corrected chi connectivity index (χ2v) is 6.52. The highest BCUT2D eigenvalue weighted by molar-refractivity contribution is 5.57. The molecule has 0 amide bonds. The summed E-state index contributed by atoms with van der Waals surface area (Å²) < 4.78 is 0. The minimum atomic E-state index is 0.198. The van der Waals surface area contributed by atoms with E-state index in [2.05, 4.69) is 34.6 Å². The molecule has 0 saturated heterocycles. The van der Waals surface area contributed by atoms with Crippen LogP contribution in [0.4, 0.5) is 5.69 Å². The van der Waals surface area contributed by atoms with Crippen molar-refractivity contribution in [3.8, 4) is 5.75 Å². The average Bonchev–Trinajstić information content (AvgIpc) is 2.28. The van der Waals surface area contributed by atoms with Crippen LogP contribution >= 0.6 is 0 Å². The zero-order valence-corrected chi connectivity index (χ0v) is 12.3. The molecular formula is C16H27NO. The van der Waals surface area contributed by atoms with E-state index in [4.69, 9.17) is 5.73 Å². The fraction of sp³-hybridized carbons (Fsp3) is 0.625. The Labute approximate surface area is 111 Å². The molecule has 2 unspecified atom stereocenters. The summed E-state index contributed by atoms with van der Waals surface area (Å²) in [7, 11) is 0. The number of hydrogen-bond acceptors (Lipinski definition) is 2. The molecule has 3 N–H and O–H groups in total. The minimum Gasteiger partial charge on any atom is -0.506 e. The first-order valence-corrected chi connectivity index (χ1v) is 6.79. The Morgan fingerprint density at radius 3 is 2.39 bits per heavy atom. The predicted octanol–water partition coefficient (Wildman–Crippen LogP) is 4.23. The summed E-state index contributed by atoms with van der Waals surface area (Å²) in [6.07, 6.45) is 2.04. The number of benzene rings is 1. The van der Waals surface area contributed by atoms with Gasteiger partial charge < -0.3 is 10.8 Å². The highest BCUT2D eigenvalue weighted by Gasteiger charge is 2.25. The van der Waals surface area contributed by atoms with Crippen LogP contribution in [0.2, 0.25) is 0 Å². The number of hydrogen-bond donors (Lipinski definition) is 2. The smallest absolute Gasteiger partial charge is 0.138 e. The highest BCUT2D eigenvalue weighted by atomic mass is 16.3. The molecule has 0 aliphatic heterocycles. The molecule has 0 fully saturated rings. The van der Waals surface area contributed by atoms with Crippen molar-refractivity contribution in [1.29, 1.82) is 0 Å². The Kier molecular flexibility index (Phi) is 4.66. The molecule has 2 heteroatoms. The standard InChI is InChI=1S/C16H27NO/c1-11(12(2)16(3,4)5)9-10-13-7-6-8-14(18)15(13)17/h6-8,11-12,18H,9-10,17H2,1-5H3. The third kappa shape index (κ3) is 3.66. The van der Waals surface area contributed by atoms with Crippen LogP contribution < -0.4 is 5.73 Å². The van der Waals surface area contributed by atoms with E-state index in [1.165, 1.54) is 0 Å². The van der Waals surface area contributed by atoms with Crippen molar-refractivity contribution in [3.63, 3.8) is 0 Å². The van der Waals surface area contributed by atoms with Crippen LogP contribution in [0.3, 0.4) is 0 Å². The highest BCUT2D eigenvalue weighted by Crippen LogP contribution is 2.34.